The Balaban J connectivity index is 1.88. The lowest BCUT2D eigenvalue weighted by Gasteiger charge is -2.12. The van der Waals surface area contributed by atoms with Gasteiger partial charge in [-0.3, -0.25) is 0 Å². The summed E-state index contributed by atoms with van der Waals surface area (Å²) in [6.07, 6.45) is 4.59. The van der Waals surface area contributed by atoms with Crippen molar-refractivity contribution in [2.24, 2.45) is 0 Å². The third-order valence-corrected chi connectivity index (χ3v) is 5.65. The molecule has 0 amide bonds. The van der Waals surface area contributed by atoms with Gasteiger partial charge in [0.05, 0.1) is 16.1 Å². The van der Waals surface area contributed by atoms with Crippen molar-refractivity contribution >= 4 is 44.9 Å². The summed E-state index contributed by atoms with van der Waals surface area (Å²) in [5.41, 5.74) is 2.36. The van der Waals surface area contributed by atoms with E-state index in [-0.39, 0.29) is 0 Å². The van der Waals surface area contributed by atoms with Gasteiger partial charge in [0.15, 0.2) is 0 Å². The second kappa shape index (κ2) is 6.34. The monoisotopic (exact) mass is 334 g/mol. The van der Waals surface area contributed by atoms with Crippen LogP contribution in [0.1, 0.15) is 24.1 Å². The molecule has 2 heterocycles. The zero-order valence-electron chi connectivity index (χ0n) is 11.8. The van der Waals surface area contributed by atoms with Crippen LogP contribution in [0.5, 0.6) is 0 Å². The molecule has 0 radical (unpaired) electrons. The van der Waals surface area contributed by atoms with E-state index in [1.807, 2.05) is 5.38 Å². The summed E-state index contributed by atoms with van der Waals surface area (Å²) in [7, 11) is 0. The first-order valence-electron chi connectivity index (χ1n) is 6.69. The summed E-state index contributed by atoms with van der Waals surface area (Å²) in [5.74, 6) is 0.398. The Morgan fingerprint density at radius 1 is 1.24 bits per heavy atom. The lowest BCUT2D eigenvalue weighted by Crippen LogP contribution is -2.01. The number of thioether (sulfide) groups is 1. The molecule has 108 valence electrons. The minimum absolute atomic E-state index is 0.398. The van der Waals surface area contributed by atoms with Crippen molar-refractivity contribution in [3.05, 3.63) is 52.3 Å². The molecule has 0 bridgehead atoms. The van der Waals surface area contributed by atoms with Gasteiger partial charge in [-0.15, -0.1) is 23.1 Å². The van der Waals surface area contributed by atoms with Gasteiger partial charge in [-0.2, -0.15) is 0 Å². The molecule has 2 aromatic heterocycles. The normalized spacial score (nSPS) is 12.7. The number of hydrogen-bond donors (Lipinski definition) is 0. The van der Waals surface area contributed by atoms with Crippen LogP contribution in [0.4, 0.5) is 0 Å². The summed E-state index contributed by atoms with van der Waals surface area (Å²) in [6.45, 7) is 2.22. The maximum absolute atomic E-state index is 6.27. The second-order valence-corrected chi connectivity index (χ2v) is 7.11. The number of fused-ring (bicyclic) bond motifs is 1. The highest BCUT2D eigenvalue weighted by atomic mass is 35.5. The van der Waals surface area contributed by atoms with Crippen LogP contribution < -0.4 is 0 Å². The molecule has 0 N–H and O–H groups in total. The topological polar surface area (TPSA) is 25.8 Å². The number of benzene rings is 1. The van der Waals surface area contributed by atoms with E-state index >= 15 is 0 Å². The van der Waals surface area contributed by atoms with Gasteiger partial charge in [0.25, 0.3) is 0 Å². The average Bonchev–Trinajstić information content (AvgIpc) is 2.90. The van der Waals surface area contributed by atoms with E-state index in [9.17, 15) is 0 Å². The molecule has 5 heteroatoms. The van der Waals surface area contributed by atoms with Crippen LogP contribution in [0.2, 0.25) is 5.02 Å². The molecule has 3 rings (SSSR count). The molecule has 2 nitrogen and oxygen atoms in total. The minimum atomic E-state index is 0.398. The molecule has 1 aromatic carbocycles. The predicted octanol–water partition coefficient (Wildman–Crippen LogP) is 5.41. The first kappa shape index (κ1) is 14.8. The van der Waals surface area contributed by atoms with Crippen LogP contribution in [0.15, 0.2) is 40.9 Å². The van der Waals surface area contributed by atoms with E-state index in [4.69, 9.17) is 11.6 Å². The molecule has 1 unspecified atom stereocenters. The lowest BCUT2D eigenvalue weighted by molar-refractivity contribution is 0.744. The van der Waals surface area contributed by atoms with Gasteiger partial charge in [-0.05, 0) is 36.3 Å². The number of rotatable bonds is 4. The third-order valence-electron chi connectivity index (χ3n) is 3.59. The van der Waals surface area contributed by atoms with Crippen LogP contribution in [0, 0.1) is 0 Å². The van der Waals surface area contributed by atoms with E-state index in [0.717, 1.165) is 27.4 Å². The summed E-state index contributed by atoms with van der Waals surface area (Å²) in [4.78, 5) is 11.0. The first-order valence-corrected chi connectivity index (χ1v) is 9.18. The Labute approximate surface area is 137 Å². The lowest BCUT2D eigenvalue weighted by atomic mass is 9.95. The highest BCUT2D eigenvalue weighted by molar-refractivity contribution is 7.98. The molecule has 0 aliphatic rings. The van der Waals surface area contributed by atoms with Crippen molar-refractivity contribution < 1.29 is 0 Å². The zero-order chi connectivity index (χ0) is 14.8. The molecule has 0 aliphatic heterocycles. The number of thiophene rings is 1. The van der Waals surface area contributed by atoms with Crippen LogP contribution in [-0.4, -0.2) is 16.2 Å². The summed E-state index contributed by atoms with van der Waals surface area (Å²) >= 11 is 9.61. The Hall–Kier alpha value is -1.10. The first-order chi connectivity index (χ1) is 10.2. The fraction of sp³-hybridized carbons (Fsp3) is 0.250. The summed E-state index contributed by atoms with van der Waals surface area (Å²) < 4.78 is 0. The SMILES string of the molecule is CSc1ccc(C(C)Cc2ncnc3scc(Cl)c23)cc1. The van der Waals surface area contributed by atoms with Crippen molar-refractivity contribution in [3.8, 4) is 0 Å². The highest BCUT2D eigenvalue weighted by Gasteiger charge is 2.14. The Morgan fingerprint density at radius 2 is 2.00 bits per heavy atom. The molecular formula is C16H15ClN2S2. The fourth-order valence-corrected chi connectivity index (χ4v) is 3.98. The fourth-order valence-electron chi connectivity index (χ4n) is 2.39. The van der Waals surface area contributed by atoms with Gasteiger partial charge in [0.1, 0.15) is 11.2 Å². The Kier molecular flexibility index (Phi) is 4.48. The average molecular weight is 335 g/mol. The maximum atomic E-state index is 6.27. The Bertz CT molecular complexity index is 753. The number of halogens is 1. The van der Waals surface area contributed by atoms with Gasteiger partial charge in [0, 0.05) is 10.3 Å². The third kappa shape index (κ3) is 3.07. The zero-order valence-corrected chi connectivity index (χ0v) is 14.2. The molecule has 0 fully saturated rings. The van der Waals surface area contributed by atoms with E-state index in [1.165, 1.54) is 10.5 Å². The Morgan fingerprint density at radius 3 is 2.71 bits per heavy atom. The molecule has 3 aromatic rings. The molecule has 1 atom stereocenters. The highest BCUT2D eigenvalue weighted by Crippen LogP contribution is 2.32. The molecule has 0 spiro atoms. The number of aromatic nitrogens is 2. The van der Waals surface area contributed by atoms with Crippen LogP contribution in [0.3, 0.4) is 0 Å². The quantitative estimate of drug-likeness (QED) is 0.596. The van der Waals surface area contributed by atoms with Gasteiger partial charge < -0.3 is 0 Å². The van der Waals surface area contributed by atoms with E-state index in [0.29, 0.717) is 5.92 Å². The van der Waals surface area contributed by atoms with E-state index in [1.54, 1.807) is 29.4 Å². The minimum Gasteiger partial charge on any atom is -0.241 e. The van der Waals surface area contributed by atoms with Gasteiger partial charge in [-0.1, -0.05) is 30.7 Å². The van der Waals surface area contributed by atoms with Gasteiger partial charge in [0.2, 0.25) is 0 Å². The molecule has 0 aliphatic carbocycles. The van der Waals surface area contributed by atoms with Crippen LogP contribution >= 0.6 is 34.7 Å². The van der Waals surface area contributed by atoms with Crippen molar-refractivity contribution in [2.45, 2.75) is 24.2 Å². The standard InChI is InChI=1S/C16H15ClN2S2/c1-10(11-3-5-12(20-2)6-4-11)7-14-15-13(17)8-21-16(15)19-9-18-14/h3-6,8-10H,7H2,1-2H3. The van der Waals surface area contributed by atoms with Crippen molar-refractivity contribution in [1.29, 1.82) is 0 Å². The van der Waals surface area contributed by atoms with Gasteiger partial charge in [-0.25, -0.2) is 9.97 Å². The number of nitrogens with zero attached hydrogens (tertiary/aromatic N) is 2. The molecule has 0 saturated carbocycles. The van der Waals surface area contributed by atoms with Crippen LogP contribution in [0.25, 0.3) is 10.2 Å². The van der Waals surface area contributed by atoms with Crippen molar-refractivity contribution in [3.63, 3.8) is 0 Å². The molecule has 0 saturated heterocycles. The van der Waals surface area contributed by atoms with Crippen LogP contribution in [-0.2, 0) is 6.42 Å². The maximum Gasteiger partial charge on any atom is 0.128 e. The molecular weight excluding hydrogens is 320 g/mol. The van der Waals surface area contributed by atoms with E-state index in [2.05, 4.69) is 47.4 Å². The van der Waals surface area contributed by atoms with Crippen molar-refractivity contribution in [2.75, 3.05) is 6.26 Å². The summed E-state index contributed by atoms with van der Waals surface area (Å²) in [6, 6.07) is 8.74. The largest absolute Gasteiger partial charge is 0.241 e. The smallest absolute Gasteiger partial charge is 0.128 e. The second-order valence-electron chi connectivity index (χ2n) is 4.96. The number of hydrogen-bond acceptors (Lipinski definition) is 4. The van der Waals surface area contributed by atoms with Crippen molar-refractivity contribution in [1.82, 2.24) is 9.97 Å². The summed E-state index contributed by atoms with van der Waals surface area (Å²) in [5, 5.41) is 3.70. The molecule has 21 heavy (non-hydrogen) atoms. The predicted molar refractivity (Wildman–Crippen MR) is 92.8 cm³/mol. The van der Waals surface area contributed by atoms with Gasteiger partial charge >= 0.3 is 0 Å². The van der Waals surface area contributed by atoms with E-state index < -0.39 is 0 Å².